The minimum Gasteiger partial charge on any atom is -0.356 e. The van der Waals surface area contributed by atoms with Gasteiger partial charge >= 0.3 is 12.1 Å². The molecule has 4 fully saturated rings. The van der Waals surface area contributed by atoms with Crippen molar-refractivity contribution in [3.05, 3.63) is 0 Å². The third-order valence-corrected chi connectivity index (χ3v) is 8.02. The van der Waals surface area contributed by atoms with E-state index in [9.17, 15) is 41.5 Å². The van der Waals surface area contributed by atoms with Gasteiger partial charge in [-0.05, 0) is 49.4 Å². The van der Waals surface area contributed by atoms with E-state index in [0.717, 1.165) is 4.90 Å². The number of amides is 5. The number of carbonyl (C=O) groups is 5. The molecule has 4 atom stereocenters. The van der Waals surface area contributed by atoms with Crippen molar-refractivity contribution in [1.29, 1.82) is 0 Å². The number of hydrogen-bond acceptors (Lipinski definition) is 5. The molecule has 10 nitrogen and oxygen atoms in total. The van der Waals surface area contributed by atoms with Crippen molar-refractivity contribution in [2.45, 2.75) is 69.3 Å². The lowest BCUT2D eigenvalue weighted by molar-refractivity contribution is -0.175. The third kappa shape index (κ3) is 5.78. The average Bonchev–Trinajstić information content (AvgIpc) is 3.66. The molecular weight excluding hydrogens is 526 g/mol. The monoisotopic (exact) mass is 553 g/mol. The van der Waals surface area contributed by atoms with Crippen molar-refractivity contribution in [2.75, 3.05) is 19.6 Å². The number of halogens is 5. The first-order valence-electron chi connectivity index (χ1n) is 12.0. The van der Waals surface area contributed by atoms with Gasteiger partial charge < -0.3 is 15.5 Å². The van der Waals surface area contributed by atoms with Gasteiger partial charge in [0.05, 0.1) is 12.5 Å². The summed E-state index contributed by atoms with van der Waals surface area (Å²) in [6.45, 7) is 1.67. The summed E-state index contributed by atoms with van der Waals surface area (Å²) in [6, 6.07) is -2.67. The molecule has 2 heterocycles. The topological polar surface area (TPSA) is 128 Å². The van der Waals surface area contributed by atoms with E-state index in [-0.39, 0.29) is 25.4 Å². The van der Waals surface area contributed by atoms with Crippen LogP contribution in [0.15, 0.2) is 0 Å². The number of hydrazine groups is 1. The molecule has 4 rings (SSSR count). The molecule has 0 radical (unpaired) electrons. The minimum absolute atomic E-state index is 0.0958. The molecule has 2 aliphatic carbocycles. The summed E-state index contributed by atoms with van der Waals surface area (Å²) in [5.41, 5.74) is -1.51. The summed E-state index contributed by atoms with van der Waals surface area (Å²) in [6.07, 6.45) is -2.46. The van der Waals surface area contributed by atoms with E-state index in [0.29, 0.717) is 43.7 Å². The Kier molecular flexibility index (Phi) is 7.10. The largest absolute Gasteiger partial charge is 0.471 e. The number of likely N-dealkylation sites (tertiary alicyclic amines) is 1. The molecule has 37 heavy (non-hydrogen) atoms. The third-order valence-electron chi connectivity index (χ3n) is 7.83. The Morgan fingerprint density at radius 3 is 2.35 bits per heavy atom. The van der Waals surface area contributed by atoms with Gasteiger partial charge in [-0.3, -0.25) is 29.4 Å². The maximum atomic E-state index is 13.7. The zero-order valence-electron chi connectivity index (χ0n) is 20.0. The molecule has 15 heteroatoms. The molecule has 3 N–H and O–H groups in total. The number of carbonyl (C=O) groups excluding carboxylic acids is 5. The molecule has 0 bridgehead atoms. The van der Waals surface area contributed by atoms with Gasteiger partial charge in [0, 0.05) is 13.1 Å². The number of alkyl halides is 5. The van der Waals surface area contributed by atoms with Gasteiger partial charge in [0.15, 0.2) is 0 Å². The van der Waals surface area contributed by atoms with Gasteiger partial charge in [0.25, 0.3) is 17.4 Å². The molecule has 2 saturated carbocycles. The predicted octanol–water partition coefficient (Wildman–Crippen LogP) is 0.745. The summed E-state index contributed by atoms with van der Waals surface area (Å²) in [5.74, 6) is -6.33. The van der Waals surface area contributed by atoms with Crippen LogP contribution in [-0.2, 0) is 24.0 Å². The van der Waals surface area contributed by atoms with Crippen molar-refractivity contribution in [2.24, 2.45) is 16.7 Å². The van der Waals surface area contributed by atoms with Crippen LogP contribution in [0.2, 0.25) is 0 Å². The first-order valence-corrected chi connectivity index (χ1v) is 12.5. The first kappa shape index (κ1) is 27.4. The number of hydrogen-bond donors (Lipinski definition) is 3. The SMILES string of the molecule is CC1([C@H](NC(=O)C(F)(F)F)C(=O)N2CC3(CC3)C[C@H]2C(=O)NN(C[C@@H]2CCNC2=O)C(=O)[C@H](F)Cl)CC1. The van der Waals surface area contributed by atoms with Gasteiger partial charge in [0.2, 0.25) is 11.8 Å². The Morgan fingerprint density at radius 2 is 1.86 bits per heavy atom. The number of nitrogens with one attached hydrogen (secondary N) is 3. The van der Waals surface area contributed by atoms with Crippen LogP contribution in [0, 0.1) is 16.7 Å². The van der Waals surface area contributed by atoms with Crippen molar-refractivity contribution in [3.63, 3.8) is 0 Å². The Bertz CT molecular complexity index is 1000. The molecule has 0 aromatic rings. The van der Waals surface area contributed by atoms with E-state index in [2.05, 4.69) is 10.7 Å². The van der Waals surface area contributed by atoms with Gasteiger partial charge in [0.1, 0.15) is 12.1 Å². The van der Waals surface area contributed by atoms with Gasteiger partial charge in [-0.15, -0.1) is 0 Å². The van der Waals surface area contributed by atoms with E-state index >= 15 is 0 Å². The molecule has 1 spiro atoms. The lowest BCUT2D eigenvalue weighted by Gasteiger charge is -2.33. The molecule has 206 valence electrons. The fourth-order valence-electron chi connectivity index (χ4n) is 5.02. The molecular formula is C22H28ClF4N5O5. The first-order chi connectivity index (χ1) is 17.2. The van der Waals surface area contributed by atoms with Crippen LogP contribution in [0.1, 0.15) is 45.4 Å². The molecule has 0 unspecified atom stereocenters. The van der Waals surface area contributed by atoms with Crippen LogP contribution in [0.5, 0.6) is 0 Å². The minimum atomic E-state index is -5.19. The fourth-order valence-corrected chi connectivity index (χ4v) is 5.13. The maximum absolute atomic E-state index is 13.7. The lowest BCUT2D eigenvalue weighted by atomic mass is 9.96. The van der Waals surface area contributed by atoms with Crippen molar-refractivity contribution >= 4 is 41.1 Å². The van der Waals surface area contributed by atoms with Crippen LogP contribution in [0.4, 0.5) is 17.6 Å². The zero-order chi connectivity index (χ0) is 27.3. The van der Waals surface area contributed by atoms with Gasteiger partial charge in [-0.2, -0.15) is 13.2 Å². The molecule has 2 aliphatic heterocycles. The van der Waals surface area contributed by atoms with E-state index in [4.69, 9.17) is 11.6 Å². The Labute approximate surface area is 214 Å². The van der Waals surface area contributed by atoms with Gasteiger partial charge in [-0.25, -0.2) is 9.40 Å². The highest BCUT2D eigenvalue weighted by molar-refractivity contribution is 6.29. The molecule has 0 aromatic heterocycles. The van der Waals surface area contributed by atoms with Crippen LogP contribution in [-0.4, -0.2) is 83.0 Å². The van der Waals surface area contributed by atoms with Crippen molar-refractivity contribution in [1.82, 2.24) is 26.0 Å². The van der Waals surface area contributed by atoms with Crippen LogP contribution >= 0.6 is 11.6 Å². The Morgan fingerprint density at radius 1 is 1.22 bits per heavy atom. The van der Waals surface area contributed by atoms with Crippen molar-refractivity contribution in [3.8, 4) is 0 Å². The van der Waals surface area contributed by atoms with E-state index in [1.54, 1.807) is 6.92 Å². The second kappa shape index (κ2) is 9.59. The highest BCUT2D eigenvalue weighted by atomic mass is 35.5. The lowest BCUT2D eigenvalue weighted by Crippen LogP contribution is -2.60. The summed E-state index contributed by atoms with van der Waals surface area (Å²) in [4.78, 5) is 64.0. The summed E-state index contributed by atoms with van der Waals surface area (Å²) in [7, 11) is 0. The van der Waals surface area contributed by atoms with E-state index < -0.39 is 64.3 Å². The second-order valence-corrected chi connectivity index (χ2v) is 11.1. The van der Waals surface area contributed by atoms with E-state index in [1.165, 1.54) is 0 Å². The average molecular weight is 554 g/mol. The Hall–Kier alpha value is -2.64. The summed E-state index contributed by atoms with van der Waals surface area (Å²) < 4.78 is 52.6. The normalized spacial score (nSPS) is 26.8. The van der Waals surface area contributed by atoms with Gasteiger partial charge in [-0.1, -0.05) is 18.5 Å². The van der Waals surface area contributed by atoms with Crippen LogP contribution in [0.25, 0.3) is 0 Å². The maximum Gasteiger partial charge on any atom is 0.471 e. The molecule has 4 aliphatic rings. The molecule has 5 amide bonds. The predicted molar refractivity (Wildman–Crippen MR) is 119 cm³/mol. The quantitative estimate of drug-likeness (QED) is 0.243. The Balaban J connectivity index is 1.53. The van der Waals surface area contributed by atoms with E-state index in [1.807, 2.05) is 5.32 Å². The number of nitrogens with zero attached hydrogens (tertiary/aromatic N) is 2. The summed E-state index contributed by atoms with van der Waals surface area (Å²) >= 11 is 5.30. The van der Waals surface area contributed by atoms with Crippen molar-refractivity contribution < 1.29 is 41.5 Å². The van der Waals surface area contributed by atoms with Crippen LogP contribution < -0.4 is 16.1 Å². The fraction of sp³-hybridized carbons (Fsp3) is 0.773. The highest BCUT2D eigenvalue weighted by Crippen LogP contribution is 2.56. The molecule has 2 saturated heterocycles. The van der Waals surface area contributed by atoms with Crippen LogP contribution in [0.3, 0.4) is 0 Å². The second-order valence-electron chi connectivity index (χ2n) is 10.7. The zero-order valence-corrected chi connectivity index (χ0v) is 20.8. The molecule has 0 aromatic carbocycles. The summed E-state index contributed by atoms with van der Waals surface area (Å²) in [5, 5.41) is 4.99. The highest BCUT2D eigenvalue weighted by Gasteiger charge is 2.59. The standard InChI is InChI=1S/C22H28ClF4N5O5/c1-20(3-4-20)13(29-19(37)22(25,26)27)17(35)31-10-21(5-6-21)8-12(31)16(34)30-32(18(36)14(23)24)9-11-2-7-28-15(11)33/h11-14H,2-10H2,1H3,(H,28,33)(H,29,37)(H,30,34)/t11-,12-,13+,14-/m0/s1. The smallest absolute Gasteiger partial charge is 0.356 e. The number of rotatable bonds is 7.